The van der Waals surface area contributed by atoms with E-state index in [1.165, 1.54) is 23.5 Å². The molecular weight excluding hydrogens is 377 g/mol. The second-order valence-electron chi connectivity index (χ2n) is 6.16. The first-order chi connectivity index (χ1) is 13.6. The zero-order chi connectivity index (χ0) is 19.9. The highest BCUT2D eigenvalue weighted by molar-refractivity contribution is 7.10. The number of nitrogens with one attached hydrogen (secondary N) is 1. The number of carbonyl (C=O) groups is 2. The summed E-state index contributed by atoms with van der Waals surface area (Å²) in [5.41, 5.74) is 1.41. The number of ether oxygens (including phenoxy) is 1. The number of thiophene rings is 1. The topological polar surface area (TPSA) is 55.4 Å². The maximum absolute atomic E-state index is 13.2. The van der Waals surface area contributed by atoms with Gasteiger partial charge < -0.3 is 10.1 Å². The van der Waals surface area contributed by atoms with Gasteiger partial charge in [0.2, 0.25) is 0 Å². The second-order valence-corrected chi connectivity index (χ2v) is 7.14. The van der Waals surface area contributed by atoms with Gasteiger partial charge in [0.25, 0.3) is 5.91 Å². The van der Waals surface area contributed by atoms with E-state index >= 15 is 0 Å². The SMILES string of the molecule is CCC(=O)c1ccc(OCC(=O)N[C@@H](c2ccc(F)cc2)c2cccs2)cc1. The minimum absolute atomic E-state index is 0.0578. The van der Waals surface area contributed by atoms with Crippen LogP contribution in [0.4, 0.5) is 4.39 Å². The van der Waals surface area contributed by atoms with Crippen molar-refractivity contribution in [2.24, 2.45) is 0 Å². The molecule has 1 atom stereocenters. The maximum Gasteiger partial charge on any atom is 0.258 e. The molecule has 6 heteroatoms. The normalized spacial score (nSPS) is 11.6. The van der Waals surface area contributed by atoms with Crippen LogP contribution in [0, 0.1) is 5.82 Å². The van der Waals surface area contributed by atoms with Crippen LogP contribution in [0.25, 0.3) is 0 Å². The van der Waals surface area contributed by atoms with Crippen molar-refractivity contribution in [3.05, 3.63) is 87.9 Å². The maximum atomic E-state index is 13.2. The molecule has 1 N–H and O–H groups in total. The highest BCUT2D eigenvalue weighted by atomic mass is 32.1. The summed E-state index contributed by atoms with van der Waals surface area (Å²) in [6.07, 6.45) is 0.441. The van der Waals surface area contributed by atoms with Gasteiger partial charge in [-0.2, -0.15) is 0 Å². The summed E-state index contributed by atoms with van der Waals surface area (Å²) in [6, 6.07) is 16.2. The zero-order valence-corrected chi connectivity index (χ0v) is 16.2. The minimum atomic E-state index is -0.374. The molecule has 0 aliphatic carbocycles. The van der Waals surface area contributed by atoms with Crippen molar-refractivity contribution >= 4 is 23.0 Å². The van der Waals surface area contributed by atoms with Gasteiger partial charge >= 0.3 is 0 Å². The number of hydrogen-bond donors (Lipinski definition) is 1. The quantitative estimate of drug-likeness (QED) is 0.558. The van der Waals surface area contributed by atoms with E-state index in [0.717, 1.165) is 10.4 Å². The Morgan fingerprint density at radius 2 is 1.79 bits per heavy atom. The standard InChI is InChI=1S/C22H20FNO3S/c1-2-19(25)15-7-11-18(12-8-15)27-14-21(26)24-22(20-4-3-13-28-20)16-5-9-17(23)10-6-16/h3-13,22H,2,14H2,1H3,(H,24,26)/t22-/m0/s1. The summed E-state index contributed by atoms with van der Waals surface area (Å²) in [6.45, 7) is 1.65. The van der Waals surface area contributed by atoms with Crippen LogP contribution in [0.2, 0.25) is 0 Å². The van der Waals surface area contributed by atoms with Crippen LogP contribution >= 0.6 is 11.3 Å². The first-order valence-electron chi connectivity index (χ1n) is 8.91. The summed E-state index contributed by atoms with van der Waals surface area (Å²) in [5.74, 6) is -0.0515. The molecule has 28 heavy (non-hydrogen) atoms. The molecule has 0 fully saturated rings. The largest absolute Gasteiger partial charge is 0.484 e. The van der Waals surface area contributed by atoms with E-state index in [0.29, 0.717) is 17.7 Å². The van der Waals surface area contributed by atoms with E-state index in [1.807, 2.05) is 24.4 Å². The van der Waals surface area contributed by atoms with Crippen LogP contribution in [0.5, 0.6) is 5.75 Å². The summed E-state index contributed by atoms with van der Waals surface area (Å²) in [5, 5.41) is 4.86. The molecule has 144 valence electrons. The Kier molecular flexibility index (Phi) is 6.55. The van der Waals surface area contributed by atoms with Gasteiger partial charge in [0.15, 0.2) is 12.4 Å². The third-order valence-electron chi connectivity index (χ3n) is 4.20. The predicted molar refractivity (Wildman–Crippen MR) is 107 cm³/mol. The monoisotopic (exact) mass is 397 g/mol. The number of benzene rings is 2. The highest BCUT2D eigenvalue weighted by Gasteiger charge is 2.18. The fourth-order valence-electron chi connectivity index (χ4n) is 2.72. The molecule has 1 aromatic heterocycles. The fraction of sp³-hybridized carbons (Fsp3) is 0.182. The molecule has 0 saturated carbocycles. The van der Waals surface area contributed by atoms with Gasteiger partial charge in [-0.15, -0.1) is 11.3 Å². The third-order valence-corrected chi connectivity index (χ3v) is 5.14. The lowest BCUT2D eigenvalue weighted by molar-refractivity contribution is -0.123. The molecule has 4 nitrogen and oxygen atoms in total. The smallest absolute Gasteiger partial charge is 0.258 e. The van der Waals surface area contributed by atoms with Gasteiger partial charge in [-0.25, -0.2) is 4.39 Å². The molecule has 0 saturated heterocycles. The lowest BCUT2D eigenvalue weighted by Gasteiger charge is -2.18. The van der Waals surface area contributed by atoms with E-state index in [9.17, 15) is 14.0 Å². The van der Waals surface area contributed by atoms with Crippen molar-refractivity contribution in [2.45, 2.75) is 19.4 Å². The molecular formula is C22H20FNO3S. The fourth-order valence-corrected chi connectivity index (χ4v) is 3.52. The van der Waals surface area contributed by atoms with Gasteiger partial charge in [-0.3, -0.25) is 9.59 Å². The van der Waals surface area contributed by atoms with Gasteiger partial charge in [0.05, 0.1) is 6.04 Å². The molecule has 0 aliphatic heterocycles. The number of halogens is 1. The van der Waals surface area contributed by atoms with Crippen molar-refractivity contribution in [3.63, 3.8) is 0 Å². The Morgan fingerprint density at radius 1 is 1.07 bits per heavy atom. The Bertz CT molecular complexity index is 921. The molecule has 1 heterocycles. The Hall–Kier alpha value is -2.99. The Morgan fingerprint density at radius 3 is 2.39 bits per heavy atom. The van der Waals surface area contributed by atoms with E-state index < -0.39 is 0 Å². The molecule has 2 aromatic carbocycles. The second kappa shape index (κ2) is 9.28. The average Bonchev–Trinajstić information content (AvgIpc) is 3.25. The van der Waals surface area contributed by atoms with Crippen LogP contribution in [0.3, 0.4) is 0 Å². The number of carbonyl (C=O) groups excluding carboxylic acids is 2. The van der Waals surface area contributed by atoms with Gasteiger partial charge in [-0.1, -0.05) is 25.1 Å². The molecule has 0 aliphatic rings. The Balaban J connectivity index is 1.64. The van der Waals surface area contributed by atoms with E-state index in [1.54, 1.807) is 36.4 Å². The number of ketones is 1. The van der Waals surface area contributed by atoms with Gasteiger partial charge in [-0.05, 0) is 53.4 Å². The van der Waals surface area contributed by atoms with Gasteiger partial charge in [0, 0.05) is 16.9 Å². The summed E-state index contributed by atoms with van der Waals surface area (Å²) in [4.78, 5) is 25.0. The van der Waals surface area contributed by atoms with Crippen molar-refractivity contribution < 1.29 is 18.7 Å². The highest BCUT2D eigenvalue weighted by Crippen LogP contribution is 2.26. The van der Waals surface area contributed by atoms with E-state index in [-0.39, 0.29) is 30.2 Å². The lowest BCUT2D eigenvalue weighted by Crippen LogP contribution is -2.32. The average molecular weight is 397 g/mol. The van der Waals surface area contributed by atoms with E-state index in [2.05, 4.69) is 5.32 Å². The third kappa shape index (κ3) is 5.04. The molecule has 0 bridgehead atoms. The summed E-state index contributed by atoms with van der Waals surface area (Å²) < 4.78 is 18.8. The molecule has 3 rings (SSSR count). The van der Waals surface area contributed by atoms with Gasteiger partial charge in [0.1, 0.15) is 11.6 Å². The molecule has 0 radical (unpaired) electrons. The van der Waals surface area contributed by atoms with Crippen LogP contribution in [-0.2, 0) is 4.79 Å². The van der Waals surface area contributed by atoms with Crippen LogP contribution in [0.15, 0.2) is 66.0 Å². The van der Waals surface area contributed by atoms with Crippen molar-refractivity contribution in [3.8, 4) is 5.75 Å². The van der Waals surface area contributed by atoms with Crippen LogP contribution in [0.1, 0.15) is 40.2 Å². The van der Waals surface area contributed by atoms with Crippen molar-refractivity contribution in [1.82, 2.24) is 5.32 Å². The summed E-state index contributed by atoms with van der Waals surface area (Å²) in [7, 11) is 0. The first kappa shape index (κ1) is 19.8. The predicted octanol–water partition coefficient (Wildman–Crippen LogP) is 4.76. The van der Waals surface area contributed by atoms with Crippen LogP contribution in [-0.4, -0.2) is 18.3 Å². The lowest BCUT2D eigenvalue weighted by atomic mass is 10.1. The minimum Gasteiger partial charge on any atom is -0.484 e. The van der Waals surface area contributed by atoms with Crippen molar-refractivity contribution in [2.75, 3.05) is 6.61 Å². The van der Waals surface area contributed by atoms with Crippen LogP contribution < -0.4 is 10.1 Å². The van der Waals surface area contributed by atoms with Crippen molar-refractivity contribution in [1.29, 1.82) is 0 Å². The Labute approximate surface area is 167 Å². The molecule has 0 unspecified atom stereocenters. The summed E-state index contributed by atoms with van der Waals surface area (Å²) >= 11 is 1.51. The number of hydrogen-bond acceptors (Lipinski definition) is 4. The first-order valence-corrected chi connectivity index (χ1v) is 9.79. The number of Topliss-reactive ketones (excluding diaryl/α,β-unsaturated/α-hetero) is 1. The van der Waals surface area contributed by atoms with E-state index in [4.69, 9.17) is 4.74 Å². The molecule has 0 spiro atoms. The zero-order valence-electron chi connectivity index (χ0n) is 15.4. The molecule has 1 amide bonds. The number of amides is 1. The molecule has 3 aromatic rings. The number of rotatable bonds is 8.